The molecule has 146 valence electrons. The lowest BCUT2D eigenvalue weighted by molar-refractivity contribution is -0.136. The van der Waals surface area contributed by atoms with E-state index in [1.54, 1.807) is 18.2 Å². The molecule has 0 radical (unpaired) electrons. The number of aromatic nitrogens is 2. The Morgan fingerprint density at radius 3 is 2.50 bits per heavy atom. The molecular weight excluding hydrogens is 356 g/mol. The van der Waals surface area contributed by atoms with Crippen LogP contribution in [-0.4, -0.2) is 27.5 Å². The summed E-state index contributed by atoms with van der Waals surface area (Å²) in [5, 5.41) is 13.6. The van der Waals surface area contributed by atoms with Gasteiger partial charge in [0.1, 0.15) is 17.2 Å². The number of aliphatic carboxylic acids is 1. The number of benzene rings is 2. The van der Waals surface area contributed by atoms with Crippen molar-refractivity contribution in [2.45, 2.75) is 27.2 Å². The highest BCUT2D eigenvalue weighted by Gasteiger charge is 2.13. The zero-order valence-electron chi connectivity index (χ0n) is 16.5. The molecule has 0 aliphatic heterocycles. The van der Waals surface area contributed by atoms with Crippen LogP contribution in [-0.2, 0) is 18.3 Å². The summed E-state index contributed by atoms with van der Waals surface area (Å²) >= 11 is 0. The Kier molecular flexibility index (Phi) is 5.68. The third-order valence-electron chi connectivity index (χ3n) is 4.47. The maximum atomic E-state index is 11.1. The first-order chi connectivity index (χ1) is 13.4. The Hall–Kier alpha value is -3.28. The standard InChI is InChI=1S/C22H24N2O4/c1-5-27-19-9-16(11-21(25)26)10-20(13-19)28-18-8-6-7-17(12-18)22-14(2)23-24(4)15(22)3/h6-10,12-13H,5,11H2,1-4H3,(H,25,26). The maximum Gasteiger partial charge on any atom is 0.307 e. The van der Waals surface area contributed by atoms with Gasteiger partial charge in [0.05, 0.1) is 18.7 Å². The van der Waals surface area contributed by atoms with E-state index in [1.165, 1.54) is 0 Å². The second-order valence-corrected chi connectivity index (χ2v) is 6.62. The topological polar surface area (TPSA) is 73.6 Å². The molecular formula is C22H24N2O4. The molecule has 0 bridgehead atoms. The number of carboxylic acid groups (broad SMARTS) is 1. The largest absolute Gasteiger partial charge is 0.494 e. The Bertz CT molecular complexity index is 1010. The summed E-state index contributed by atoms with van der Waals surface area (Å²) in [5.74, 6) is 0.893. The van der Waals surface area contributed by atoms with E-state index in [0.29, 0.717) is 29.4 Å². The van der Waals surface area contributed by atoms with Crippen LogP contribution in [0, 0.1) is 13.8 Å². The van der Waals surface area contributed by atoms with Crippen molar-refractivity contribution >= 4 is 5.97 Å². The van der Waals surface area contributed by atoms with E-state index in [0.717, 1.165) is 22.5 Å². The molecule has 0 saturated heterocycles. The van der Waals surface area contributed by atoms with Crippen LogP contribution in [0.25, 0.3) is 11.1 Å². The molecule has 0 unspecified atom stereocenters. The molecule has 6 heteroatoms. The average Bonchev–Trinajstić information content (AvgIpc) is 2.86. The number of nitrogens with zero attached hydrogens (tertiary/aromatic N) is 2. The van der Waals surface area contributed by atoms with Crippen LogP contribution in [0.4, 0.5) is 0 Å². The molecule has 0 aliphatic carbocycles. The van der Waals surface area contributed by atoms with E-state index in [1.807, 2.05) is 56.8 Å². The van der Waals surface area contributed by atoms with Crippen LogP contribution in [0.1, 0.15) is 23.9 Å². The lowest BCUT2D eigenvalue weighted by Crippen LogP contribution is -2.01. The Morgan fingerprint density at radius 1 is 1.11 bits per heavy atom. The monoisotopic (exact) mass is 380 g/mol. The third kappa shape index (κ3) is 4.34. The predicted molar refractivity (Wildman–Crippen MR) is 107 cm³/mol. The van der Waals surface area contributed by atoms with Gasteiger partial charge in [-0.3, -0.25) is 9.48 Å². The fourth-order valence-electron chi connectivity index (χ4n) is 3.26. The first-order valence-corrected chi connectivity index (χ1v) is 9.14. The summed E-state index contributed by atoms with van der Waals surface area (Å²) < 4.78 is 13.4. The number of rotatable bonds is 7. The molecule has 0 spiro atoms. The second-order valence-electron chi connectivity index (χ2n) is 6.62. The minimum Gasteiger partial charge on any atom is -0.494 e. The lowest BCUT2D eigenvalue weighted by atomic mass is 10.0. The van der Waals surface area contributed by atoms with Crippen LogP contribution >= 0.6 is 0 Å². The molecule has 0 fully saturated rings. The van der Waals surface area contributed by atoms with E-state index in [4.69, 9.17) is 14.6 Å². The van der Waals surface area contributed by atoms with Gasteiger partial charge >= 0.3 is 5.97 Å². The predicted octanol–water partition coefficient (Wildman–Crippen LogP) is 4.52. The third-order valence-corrected chi connectivity index (χ3v) is 4.47. The number of carboxylic acids is 1. The quantitative estimate of drug-likeness (QED) is 0.652. The molecule has 2 aromatic carbocycles. The van der Waals surface area contributed by atoms with Crippen molar-refractivity contribution in [3.63, 3.8) is 0 Å². The first-order valence-electron chi connectivity index (χ1n) is 9.14. The summed E-state index contributed by atoms with van der Waals surface area (Å²) in [6.45, 7) is 6.39. The van der Waals surface area contributed by atoms with E-state index in [9.17, 15) is 4.79 Å². The number of carbonyl (C=O) groups is 1. The molecule has 0 atom stereocenters. The van der Waals surface area contributed by atoms with Crippen molar-refractivity contribution in [3.05, 3.63) is 59.4 Å². The van der Waals surface area contributed by atoms with Crippen molar-refractivity contribution in [1.82, 2.24) is 9.78 Å². The molecule has 3 aromatic rings. The minimum absolute atomic E-state index is 0.0919. The molecule has 0 aliphatic rings. The fourth-order valence-corrected chi connectivity index (χ4v) is 3.26. The second kappa shape index (κ2) is 8.17. The van der Waals surface area contributed by atoms with Crippen molar-refractivity contribution in [2.24, 2.45) is 7.05 Å². The van der Waals surface area contributed by atoms with Crippen LogP contribution < -0.4 is 9.47 Å². The molecule has 1 aromatic heterocycles. The maximum absolute atomic E-state index is 11.1. The zero-order valence-corrected chi connectivity index (χ0v) is 16.5. The van der Waals surface area contributed by atoms with Crippen molar-refractivity contribution in [1.29, 1.82) is 0 Å². The van der Waals surface area contributed by atoms with Crippen LogP contribution in [0.3, 0.4) is 0 Å². The zero-order chi connectivity index (χ0) is 20.3. The van der Waals surface area contributed by atoms with E-state index < -0.39 is 5.97 Å². The van der Waals surface area contributed by atoms with Gasteiger partial charge < -0.3 is 14.6 Å². The van der Waals surface area contributed by atoms with Crippen LogP contribution in [0.2, 0.25) is 0 Å². The highest BCUT2D eigenvalue weighted by molar-refractivity contribution is 5.71. The van der Waals surface area contributed by atoms with Crippen LogP contribution in [0.15, 0.2) is 42.5 Å². The van der Waals surface area contributed by atoms with E-state index in [-0.39, 0.29) is 6.42 Å². The number of hydrogen-bond acceptors (Lipinski definition) is 4. The highest BCUT2D eigenvalue weighted by Crippen LogP contribution is 2.32. The number of hydrogen-bond donors (Lipinski definition) is 1. The Balaban J connectivity index is 1.93. The summed E-state index contributed by atoms with van der Waals surface area (Å²) in [7, 11) is 1.93. The van der Waals surface area contributed by atoms with Crippen molar-refractivity contribution in [3.8, 4) is 28.4 Å². The van der Waals surface area contributed by atoms with Gasteiger partial charge in [0, 0.05) is 24.4 Å². The molecule has 28 heavy (non-hydrogen) atoms. The van der Waals surface area contributed by atoms with Gasteiger partial charge in [-0.05, 0) is 56.2 Å². The summed E-state index contributed by atoms with van der Waals surface area (Å²) in [5.41, 5.74) is 4.77. The molecule has 1 heterocycles. The van der Waals surface area contributed by atoms with E-state index in [2.05, 4.69) is 5.10 Å². The molecule has 0 amide bonds. The van der Waals surface area contributed by atoms with Gasteiger partial charge in [-0.1, -0.05) is 12.1 Å². The van der Waals surface area contributed by atoms with Gasteiger partial charge in [0.2, 0.25) is 0 Å². The molecule has 0 saturated carbocycles. The summed E-state index contributed by atoms with van der Waals surface area (Å²) in [6, 6.07) is 13.0. The Morgan fingerprint density at radius 2 is 1.86 bits per heavy atom. The minimum atomic E-state index is -0.899. The fraction of sp³-hybridized carbons (Fsp3) is 0.273. The van der Waals surface area contributed by atoms with Gasteiger partial charge in [0.15, 0.2) is 0 Å². The number of ether oxygens (including phenoxy) is 2. The van der Waals surface area contributed by atoms with E-state index >= 15 is 0 Å². The molecule has 1 N–H and O–H groups in total. The first kappa shape index (κ1) is 19.5. The normalized spacial score (nSPS) is 10.7. The number of aryl methyl sites for hydroxylation is 2. The van der Waals surface area contributed by atoms with Crippen molar-refractivity contribution in [2.75, 3.05) is 6.61 Å². The molecule has 6 nitrogen and oxygen atoms in total. The summed E-state index contributed by atoms with van der Waals surface area (Å²) in [4.78, 5) is 11.1. The smallest absolute Gasteiger partial charge is 0.307 e. The van der Waals surface area contributed by atoms with Gasteiger partial charge in [-0.25, -0.2) is 0 Å². The van der Waals surface area contributed by atoms with Gasteiger partial charge in [-0.15, -0.1) is 0 Å². The SMILES string of the molecule is CCOc1cc(CC(=O)O)cc(Oc2cccc(-c3c(C)nn(C)c3C)c2)c1. The lowest BCUT2D eigenvalue weighted by Gasteiger charge is -2.12. The highest BCUT2D eigenvalue weighted by atomic mass is 16.5. The van der Waals surface area contributed by atoms with Crippen LogP contribution in [0.5, 0.6) is 17.2 Å². The molecule has 3 rings (SSSR count). The Labute approximate surface area is 164 Å². The average molecular weight is 380 g/mol. The van der Waals surface area contributed by atoms with Gasteiger partial charge in [-0.2, -0.15) is 5.10 Å². The van der Waals surface area contributed by atoms with Gasteiger partial charge in [0.25, 0.3) is 0 Å². The van der Waals surface area contributed by atoms with Crippen molar-refractivity contribution < 1.29 is 19.4 Å². The summed E-state index contributed by atoms with van der Waals surface area (Å²) in [6.07, 6.45) is -0.0919.